The monoisotopic (exact) mass is 610 g/mol. The summed E-state index contributed by atoms with van der Waals surface area (Å²) in [4.78, 5) is 2.18. The van der Waals surface area contributed by atoms with Gasteiger partial charge in [-0.1, -0.05) is 84.9 Å². The van der Waals surface area contributed by atoms with Crippen molar-refractivity contribution in [3.05, 3.63) is 139 Å². The van der Waals surface area contributed by atoms with Crippen LogP contribution in [0.4, 0.5) is 17.1 Å². The van der Waals surface area contributed by atoms with E-state index < -0.39 is 7.79 Å². The molecule has 0 bridgehead atoms. The molecule has 1 heterocycles. The van der Waals surface area contributed by atoms with E-state index in [9.17, 15) is 0 Å². The van der Waals surface area contributed by atoms with Crippen LogP contribution in [0.15, 0.2) is 133 Å². The Kier molecular flexibility index (Phi) is 10.3. The summed E-state index contributed by atoms with van der Waals surface area (Å²) in [6.45, 7) is 4.94. The van der Waals surface area contributed by atoms with Gasteiger partial charge in [0.05, 0.1) is 24.5 Å². The zero-order valence-corrected chi connectivity index (χ0v) is 26.8. The third-order valence-corrected chi connectivity index (χ3v) is 11.9. The molecule has 8 heteroatoms. The molecule has 1 unspecified atom stereocenters. The molecule has 4 aromatic rings. The molecule has 0 saturated carbocycles. The fourth-order valence-corrected chi connectivity index (χ4v) is 9.90. The van der Waals surface area contributed by atoms with Crippen molar-refractivity contribution in [1.29, 1.82) is 0 Å². The molecule has 4 aromatic carbocycles. The molecule has 0 aliphatic carbocycles. The van der Waals surface area contributed by atoms with Gasteiger partial charge in [0.2, 0.25) is 0 Å². The van der Waals surface area contributed by atoms with Gasteiger partial charge in [0.1, 0.15) is 6.61 Å². The predicted molar refractivity (Wildman–Crippen MR) is 188 cm³/mol. The number of nitrogens with one attached hydrogen (secondary N) is 2. The Bertz CT molecular complexity index is 1420. The van der Waals surface area contributed by atoms with Gasteiger partial charge in [0.25, 0.3) is 0 Å². The van der Waals surface area contributed by atoms with Crippen molar-refractivity contribution in [2.24, 2.45) is 0 Å². The van der Waals surface area contributed by atoms with E-state index in [4.69, 9.17) is 16.7 Å². The molecule has 0 aromatic heterocycles. The van der Waals surface area contributed by atoms with Crippen LogP contribution in [0.25, 0.3) is 0 Å². The van der Waals surface area contributed by atoms with E-state index in [0.29, 0.717) is 18.3 Å². The summed E-state index contributed by atoms with van der Waals surface area (Å²) >= 11 is 5.62. The highest BCUT2D eigenvalue weighted by Gasteiger charge is 2.64. The smallest absolute Gasteiger partial charge is 0.345 e. The van der Waals surface area contributed by atoms with Crippen molar-refractivity contribution in [2.75, 3.05) is 55.0 Å². The van der Waals surface area contributed by atoms with Crippen LogP contribution in [-0.4, -0.2) is 50.3 Å². The molecular formula is C35H41N5OPS+. The van der Waals surface area contributed by atoms with E-state index in [0.717, 1.165) is 18.8 Å². The lowest BCUT2D eigenvalue weighted by atomic mass is 10.1. The number of para-hydroxylation sites is 3. The first kappa shape index (κ1) is 30.6. The summed E-state index contributed by atoms with van der Waals surface area (Å²) in [5, 5.41) is 7.23. The number of hydrogen-bond donors (Lipinski definition) is 2. The Morgan fingerprint density at radius 2 is 1.30 bits per heavy atom. The van der Waals surface area contributed by atoms with Gasteiger partial charge in [-0.15, -0.1) is 0 Å². The number of anilines is 3. The quantitative estimate of drug-likeness (QED) is 0.101. The van der Waals surface area contributed by atoms with Gasteiger partial charge in [-0.3, -0.25) is 0 Å². The molecule has 0 spiro atoms. The zero-order valence-electron chi connectivity index (χ0n) is 25.1. The van der Waals surface area contributed by atoms with E-state index in [-0.39, 0.29) is 5.66 Å². The normalized spacial score (nSPS) is 15.2. The van der Waals surface area contributed by atoms with E-state index in [1.807, 2.05) is 30.3 Å². The molecule has 1 aliphatic heterocycles. The van der Waals surface area contributed by atoms with Crippen molar-refractivity contribution in [1.82, 2.24) is 10.2 Å². The zero-order chi connectivity index (χ0) is 30.1. The molecule has 222 valence electrons. The van der Waals surface area contributed by atoms with Gasteiger partial charge in [0, 0.05) is 37.6 Å². The molecular weight excluding hydrogens is 569 g/mol. The summed E-state index contributed by atoms with van der Waals surface area (Å²) in [5.41, 5.74) is 5.69. The first-order valence-corrected chi connectivity index (χ1v) is 16.8. The first-order chi connectivity index (χ1) is 21.0. The Hall–Kier alpha value is -3.90. The van der Waals surface area contributed by atoms with Crippen molar-refractivity contribution in [3.8, 4) is 0 Å². The SMILES string of the molecule is C/C(=C\C(c1ccccc1)[P+]1(OCCNC(=S)Nc2ccccc2)N(c2ccccc2)CCN1c1ccccc1)N(C)C. The number of allylic oxidation sites excluding steroid dienone is 2. The standard InChI is InChI=1S/C35H40N5OPS/c1-29(38(2)3)28-34(30-16-8-4-9-17-30)42(41-27-24-36-35(43)37-31-18-10-5-11-19-31)39(32-20-12-6-13-21-32)25-26-40(42)33-22-14-7-15-23-33/h4-23,28,34H,24-27H2,1-3H3,(H-,36,37,43)/p+1/b29-28+. The highest BCUT2D eigenvalue weighted by Crippen LogP contribution is 2.79. The van der Waals surface area contributed by atoms with Gasteiger partial charge in [-0.25, -0.2) is 9.34 Å². The van der Waals surface area contributed by atoms with Crippen LogP contribution >= 0.6 is 20.0 Å². The molecule has 1 saturated heterocycles. The fraction of sp³-hybridized carbons (Fsp3) is 0.229. The minimum absolute atomic E-state index is 0.0200. The van der Waals surface area contributed by atoms with Crippen molar-refractivity contribution < 1.29 is 4.52 Å². The lowest BCUT2D eigenvalue weighted by molar-refractivity contribution is 0.340. The topological polar surface area (TPSA) is 43.0 Å². The second kappa shape index (κ2) is 14.5. The highest BCUT2D eigenvalue weighted by molar-refractivity contribution is 7.80. The van der Waals surface area contributed by atoms with Crippen LogP contribution in [0.3, 0.4) is 0 Å². The second-order valence-corrected chi connectivity index (χ2v) is 14.0. The maximum absolute atomic E-state index is 7.37. The molecule has 1 fully saturated rings. The lowest BCUT2D eigenvalue weighted by Gasteiger charge is -2.40. The number of nitrogens with zero attached hydrogens (tertiary/aromatic N) is 3. The fourth-order valence-electron chi connectivity index (χ4n) is 5.37. The van der Waals surface area contributed by atoms with Gasteiger partial charge in [-0.05, 0) is 61.6 Å². The minimum Gasteiger partial charge on any atom is -0.381 e. The minimum atomic E-state index is -2.60. The molecule has 2 N–H and O–H groups in total. The Morgan fingerprint density at radius 1 is 0.814 bits per heavy atom. The van der Waals surface area contributed by atoms with Crippen LogP contribution in [-0.2, 0) is 4.52 Å². The summed E-state index contributed by atoms with van der Waals surface area (Å²) in [7, 11) is 1.60. The summed E-state index contributed by atoms with van der Waals surface area (Å²) in [6, 6.07) is 42.2. The van der Waals surface area contributed by atoms with Crippen LogP contribution < -0.4 is 20.0 Å². The third kappa shape index (κ3) is 7.19. The van der Waals surface area contributed by atoms with Crippen molar-refractivity contribution in [2.45, 2.75) is 12.6 Å². The molecule has 1 atom stereocenters. The van der Waals surface area contributed by atoms with Gasteiger partial charge in [-0.2, -0.15) is 4.52 Å². The van der Waals surface area contributed by atoms with Crippen LogP contribution in [0.2, 0.25) is 0 Å². The van der Waals surface area contributed by atoms with Gasteiger partial charge < -0.3 is 15.5 Å². The van der Waals surface area contributed by atoms with Crippen LogP contribution in [0.1, 0.15) is 18.1 Å². The van der Waals surface area contributed by atoms with E-state index in [1.54, 1.807) is 0 Å². The Balaban J connectivity index is 1.56. The maximum atomic E-state index is 7.37. The summed E-state index contributed by atoms with van der Waals surface area (Å²) < 4.78 is 12.5. The van der Waals surface area contributed by atoms with Crippen molar-refractivity contribution >= 4 is 42.2 Å². The third-order valence-electron chi connectivity index (χ3n) is 7.63. The van der Waals surface area contributed by atoms with Crippen LogP contribution in [0, 0.1) is 0 Å². The maximum Gasteiger partial charge on any atom is 0.345 e. The summed E-state index contributed by atoms with van der Waals surface area (Å²) in [5.74, 6) is 0. The summed E-state index contributed by atoms with van der Waals surface area (Å²) in [6.07, 6.45) is 2.40. The number of rotatable bonds is 11. The van der Waals surface area contributed by atoms with Crippen molar-refractivity contribution in [3.63, 3.8) is 0 Å². The molecule has 6 nitrogen and oxygen atoms in total. The van der Waals surface area contributed by atoms with E-state index >= 15 is 0 Å². The number of benzene rings is 4. The van der Waals surface area contributed by atoms with E-state index in [1.165, 1.54) is 22.6 Å². The highest BCUT2D eigenvalue weighted by atomic mass is 32.1. The molecule has 43 heavy (non-hydrogen) atoms. The largest absolute Gasteiger partial charge is 0.381 e. The Labute approximate surface area is 262 Å². The molecule has 0 radical (unpaired) electrons. The number of hydrogen-bond acceptors (Lipinski definition) is 5. The predicted octanol–water partition coefficient (Wildman–Crippen LogP) is 7.99. The number of thiocarbonyl (C=S) groups is 1. The molecule has 5 rings (SSSR count). The average Bonchev–Trinajstić information content (AvgIpc) is 3.43. The molecule has 0 amide bonds. The lowest BCUT2D eigenvalue weighted by Crippen LogP contribution is -2.35. The molecule has 1 aliphatic rings. The first-order valence-electron chi connectivity index (χ1n) is 14.7. The average molecular weight is 611 g/mol. The van der Waals surface area contributed by atoms with Gasteiger partial charge >= 0.3 is 7.79 Å². The van der Waals surface area contributed by atoms with Gasteiger partial charge in [0.15, 0.2) is 10.8 Å². The Morgan fingerprint density at radius 3 is 1.81 bits per heavy atom. The van der Waals surface area contributed by atoms with Crippen LogP contribution in [0.5, 0.6) is 0 Å². The van der Waals surface area contributed by atoms with E-state index in [2.05, 4.69) is 143 Å². The second-order valence-electron chi connectivity index (χ2n) is 10.6.